The first-order chi connectivity index (χ1) is 13.6. The zero-order valence-electron chi connectivity index (χ0n) is 15.5. The summed E-state index contributed by atoms with van der Waals surface area (Å²) < 4.78 is 5.38. The van der Waals surface area contributed by atoms with Crippen LogP contribution < -0.4 is 10.6 Å². The SMILES string of the molecule is O=C(NCC1CCOCC1)c1ccc(Nc2cc(Cl)ccc2Cl)nc1C1CC1. The van der Waals surface area contributed by atoms with Gasteiger partial charge in [-0.2, -0.15) is 0 Å². The average Bonchev–Trinajstić information content (AvgIpc) is 3.55. The Kier molecular flexibility index (Phi) is 6.04. The van der Waals surface area contributed by atoms with Crippen molar-refractivity contribution in [1.29, 1.82) is 0 Å². The molecular weight excluding hydrogens is 397 g/mol. The van der Waals surface area contributed by atoms with E-state index in [1.807, 2.05) is 12.1 Å². The van der Waals surface area contributed by atoms with Crippen LogP contribution in [0.25, 0.3) is 0 Å². The molecule has 1 aromatic heterocycles. The maximum absolute atomic E-state index is 12.8. The fourth-order valence-corrected chi connectivity index (χ4v) is 3.76. The third-order valence-electron chi connectivity index (χ3n) is 5.22. The standard InChI is InChI=1S/C21H23Cl2N3O2/c22-15-3-5-17(23)18(11-15)25-19-6-4-16(20(26-19)14-1-2-14)21(27)24-12-13-7-9-28-10-8-13/h3-6,11,13-14H,1-2,7-10,12H2,(H,24,27)(H,25,26). The lowest BCUT2D eigenvalue weighted by molar-refractivity contribution is 0.0642. The van der Waals surface area contributed by atoms with E-state index in [1.165, 1.54) is 0 Å². The first-order valence-corrected chi connectivity index (χ1v) is 10.4. The third-order valence-corrected chi connectivity index (χ3v) is 5.78. The molecule has 0 bridgehead atoms. The Bertz CT molecular complexity index is 865. The first-order valence-electron chi connectivity index (χ1n) is 9.69. The number of nitrogens with one attached hydrogen (secondary N) is 2. The van der Waals surface area contributed by atoms with Crippen molar-refractivity contribution in [1.82, 2.24) is 10.3 Å². The molecule has 1 amide bonds. The van der Waals surface area contributed by atoms with Gasteiger partial charge in [-0.15, -0.1) is 0 Å². The number of carbonyl (C=O) groups is 1. The summed E-state index contributed by atoms with van der Waals surface area (Å²) in [6, 6.07) is 8.90. The lowest BCUT2D eigenvalue weighted by Gasteiger charge is -2.22. The van der Waals surface area contributed by atoms with Crippen molar-refractivity contribution < 1.29 is 9.53 Å². The van der Waals surface area contributed by atoms with Crippen LogP contribution in [0.5, 0.6) is 0 Å². The molecule has 1 aliphatic carbocycles. The van der Waals surface area contributed by atoms with E-state index in [0.717, 1.165) is 44.6 Å². The van der Waals surface area contributed by atoms with Gasteiger partial charge in [-0.3, -0.25) is 4.79 Å². The highest BCUT2D eigenvalue weighted by Gasteiger charge is 2.30. The molecule has 2 N–H and O–H groups in total. The summed E-state index contributed by atoms with van der Waals surface area (Å²) in [5.41, 5.74) is 2.21. The minimum Gasteiger partial charge on any atom is -0.381 e. The molecule has 0 atom stereocenters. The number of aromatic nitrogens is 1. The predicted molar refractivity (Wildman–Crippen MR) is 112 cm³/mol. The van der Waals surface area contributed by atoms with Crippen molar-refractivity contribution in [2.75, 3.05) is 25.1 Å². The quantitative estimate of drug-likeness (QED) is 0.677. The van der Waals surface area contributed by atoms with E-state index in [-0.39, 0.29) is 5.91 Å². The van der Waals surface area contributed by atoms with Gasteiger partial charge in [0.15, 0.2) is 0 Å². The summed E-state index contributed by atoms with van der Waals surface area (Å²) in [6.45, 7) is 2.24. The number of benzene rings is 1. The van der Waals surface area contributed by atoms with E-state index in [1.54, 1.807) is 18.2 Å². The molecule has 2 heterocycles. The predicted octanol–water partition coefficient (Wildman–Crippen LogP) is 5.17. The molecule has 1 saturated heterocycles. The second-order valence-corrected chi connectivity index (χ2v) is 8.26. The Morgan fingerprint density at radius 1 is 1.11 bits per heavy atom. The van der Waals surface area contributed by atoms with Crippen molar-refractivity contribution in [3.8, 4) is 0 Å². The number of carbonyl (C=O) groups excluding carboxylic acids is 1. The van der Waals surface area contributed by atoms with Crippen molar-refractivity contribution in [2.45, 2.75) is 31.6 Å². The molecule has 1 saturated carbocycles. The highest BCUT2D eigenvalue weighted by atomic mass is 35.5. The van der Waals surface area contributed by atoms with E-state index < -0.39 is 0 Å². The summed E-state index contributed by atoms with van der Waals surface area (Å²) in [5, 5.41) is 7.46. The van der Waals surface area contributed by atoms with Crippen LogP contribution in [-0.4, -0.2) is 30.6 Å². The maximum atomic E-state index is 12.8. The third kappa shape index (κ3) is 4.77. The molecule has 2 fully saturated rings. The topological polar surface area (TPSA) is 63.2 Å². The van der Waals surface area contributed by atoms with Gasteiger partial charge >= 0.3 is 0 Å². The lowest BCUT2D eigenvalue weighted by Crippen LogP contribution is -2.32. The highest BCUT2D eigenvalue weighted by Crippen LogP contribution is 2.41. The molecule has 7 heteroatoms. The van der Waals surface area contributed by atoms with Gasteiger partial charge in [-0.25, -0.2) is 4.98 Å². The van der Waals surface area contributed by atoms with Gasteiger partial charge in [-0.1, -0.05) is 23.2 Å². The van der Waals surface area contributed by atoms with Crippen molar-refractivity contribution in [2.24, 2.45) is 5.92 Å². The Labute approximate surface area is 174 Å². The van der Waals surface area contributed by atoms with E-state index in [4.69, 9.17) is 32.9 Å². The van der Waals surface area contributed by atoms with Crippen LogP contribution in [0.3, 0.4) is 0 Å². The molecule has 0 spiro atoms. The Balaban J connectivity index is 1.49. The van der Waals surface area contributed by atoms with Gasteiger partial charge in [0.25, 0.3) is 5.91 Å². The van der Waals surface area contributed by atoms with Crippen molar-refractivity contribution in [3.63, 3.8) is 0 Å². The summed E-state index contributed by atoms with van der Waals surface area (Å²) in [7, 11) is 0. The number of hydrogen-bond acceptors (Lipinski definition) is 4. The largest absolute Gasteiger partial charge is 0.381 e. The fourth-order valence-electron chi connectivity index (χ4n) is 3.42. The molecular formula is C21H23Cl2N3O2. The Hall–Kier alpha value is -1.82. The second-order valence-electron chi connectivity index (χ2n) is 7.42. The summed E-state index contributed by atoms with van der Waals surface area (Å²) in [5.74, 6) is 1.45. The number of halogens is 2. The van der Waals surface area contributed by atoms with Crippen LogP contribution in [-0.2, 0) is 4.74 Å². The molecule has 148 valence electrons. The summed E-state index contributed by atoms with van der Waals surface area (Å²) in [4.78, 5) is 17.5. The van der Waals surface area contributed by atoms with Gasteiger partial charge in [0.1, 0.15) is 5.82 Å². The number of nitrogens with zero attached hydrogens (tertiary/aromatic N) is 1. The van der Waals surface area contributed by atoms with Gasteiger partial charge < -0.3 is 15.4 Å². The molecule has 0 unspecified atom stereocenters. The lowest BCUT2D eigenvalue weighted by atomic mass is 10.00. The number of pyridine rings is 1. The van der Waals surface area contributed by atoms with Gasteiger partial charge in [0, 0.05) is 30.7 Å². The van der Waals surface area contributed by atoms with Gasteiger partial charge in [0.05, 0.1) is 22.0 Å². The highest BCUT2D eigenvalue weighted by molar-refractivity contribution is 6.35. The summed E-state index contributed by atoms with van der Waals surface area (Å²) >= 11 is 12.3. The van der Waals surface area contributed by atoms with Crippen LogP contribution >= 0.6 is 23.2 Å². The molecule has 5 nitrogen and oxygen atoms in total. The second kappa shape index (κ2) is 8.68. The van der Waals surface area contributed by atoms with E-state index in [9.17, 15) is 4.79 Å². The van der Waals surface area contributed by atoms with E-state index >= 15 is 0 Å². The molecule has 4 rings (SSSR count). The average molecular weight is 420 g/mol. The number of rotatable bonds is 6. The van der Waals surface area contributed by atoms with Crippen LogP contribution in [0.1, 0.15) is 47.7 Å². The zero-order chi connectivity index (χ0) is 19.5. The van der Waals surface area contributed by atoms with Crippen molar-refractivity contribution >= 4 is 40.6 Å². The first kappa shape index (κ1) is 19.5. The fraction of sp³-hybridized carbons (Fsp3) is 0.429. The Morgan fingerprint density at radius 2 is 1.89 bits per heavy atom. The molecule has 2 aliphatic rings. The minimum atomic E-state index is -0.0479. The van der Waals surface area contributed by atoms with Crippen molar-refractivity contribution in [3.05, 3.63) is 51.6 Å². The van der Waals surface area contributed by atoms with Crippen LogP contribution in [0.2, 0.25) is 10.0 Å². The Morgan fingerprint density at radius 3 is 2.64 bits per heavy atom. The maximum Gasteiger partial charge on any atom is 0.253 e. The molecule has 28 heavy (non-hydrogen) atoms. The number of hydrogen-bond donors (Lipinski definition) is 2. The number of ether oxygens (including phenoxy) is 1. The van der Waals surface area contributed by atoms with Gasteiger partial charge in [-0.05, 0) is 61.9 Å². The molecule has 0 radical (unpaired) electrons. The summed E-state index contributed by atoms with van der Waals surface area (Å²) in [6.07, 6.45) is 4.12. The minimum absolute atomic E-state index is 0.0479. The molecule has 2 aromatic rings. The van der Waals surface area contributed by atoms with E-state index in [2.05, 4.69) is 10.6 Å². The normalized spacial score (nSPS) is 17.4. The van der Waals surface area contributed by atoms with Crippen LogP contribution in [0, 0.1) is 5.92 Å². The van der Waals surface area contributed by atoms with Gasteiger partial charge in [0.2, 0.25) is 0 Å². The smallest absolute Gasteiger partial charge is 0.253 e. The molecule has 1 aliphatic heterocycles. The monoisotopic (exact) mass is 419 g/mol. The zero-order valence-corrected chi connectivity index (χ0v) is 17.0. The molecule has 1 aromatic carbocycles. The van der Waals surface area contributed by atoms with E-state index in [0.29, 0.717) is 45.5 Å². The van der Waals surface area contributed by atoms with Crippen LogP contribution in [0.15, 0.2) is 30.3 Å². The number of anilines is 2. The number of amides is 1. The van der Waals surface area contributed by atoms with Crippen LogP contribution in [0.4, 0.5) is 11.5 Å².